The van der Waals surface area contributed by atoms with Gasteiger partial charge in [-0.15, -0.1) is 0 Å². The van der Waals surface area contributed by atoms with Crippen LogP contribution in [0, 0.1) is 11.8 Å². The monoisotopic (exact) mass is 212 g/mol. The molecule has 0 aromatic heterocycles. The minimum Gasteiger partial charge on any atom is -0.392 e. The van der Waals surface area contributed by atoms with Gasteiger partial charge >= 0.3 is 0 Å². The zero-order valence-electron chi connectivity index (χ0n) is 10.0. The number of Topliss-reactive ketones (excluding diaryl/α,β-unsaturated/α-hetero) is 1. The summed E-state index contributed by atoms with van der Waals surface area (Å²) in [7, 11) is 0. The van der Waals surface area contributed by atoms with Gasteiger partial charge in [-0.2, -0.15) is 0 Å². The van der Waals surface area contributed by atoms with Crippen LogP contribution in [0.2, 0.25) is 0 Å². The number of aliphatic hydroxyl groups excluding tert-OH is 1. The Labute approximate surface area is 93.1 Å². The van der Waals surface area contributed by atoms with Crippen molar-refractivity contribution in [2.45, 2.75) is 64.9 Å². The molecule has 1 saturated carbocycles. The number of hydrogen-bond acceptors (Lipinski definition) is 2. The number of rotatable bonds is 5. The van der Waals surface area contributed by atoms with E-state index in [0.29, 0.717) is 18.8 Å². The molecular weight excluding hydrogens is 188 g/mol. The molecule has 0 heterocycles. The van der Waals surface area contributed by atoms with Gasteiger partial charge in [0.25, 0.3) is 0 Å². The van der Waals surface area contributed by atoms with E-state index < -0.39 is 6.10 Å². The topological polar surface area (TPSA) is 37.3 Å². The fourth-order valence-corrected chi connectivity index (χ4v) is 2.27. The molecular formula is C13H24O2. The van der Waals surface area contributed by atoms with Gasteiger partial charge in [-0.05, 0) is 11.8 Å². The molecule has 1 aliphatic rings. The van der Waals surface area contributed by atoms with Gasteiger partial charge in [0.2, 0.25) is 0 Å². The molecule has 1 rings (SSSR count). The lowest BCUT2D eigenvalue weighted by molar-refractivity contribution is -0.122. The molecule has 0 aliphatic heterocycles. The Morgan fingerprint density at radius 2 is 1.87 bits per heavy atom. The summed E-state index contributed by atoms with van der Waals surface area (Å²) < 4.78 is 0. The lowest BCUT2D eigenvalue weighted by atomic mass is 9.84. The Hall–Kier alpha value is -0.370. The van der Waals surface area contributed by atoms with E-state index in [1.54, 1.807) is 0 Å². The van der Waals surface area contributed by atoms with Gasteiger partial charge in [0.05, 0.1) is 6.10 Å². The molecule has 0 unspecified atom stereocenters. The van der Waals surface area contributed by atoms with E-state index >= 15 is 0 Å². The summed E-state index contributed by atoms with van der Waals surface area (Å²) in [4.78, 5) is 11.7. The predicted molar refractivity (Wildman–Crippen MR) is 61.7 cm³/mol. The van der Waals surface area contributed by atoms with Crippen LogP contribution in [0.4, 0.5) is 0 Å². The zero-order valence-corrected chi connectivity index (χ0v) is 10.0. The van der Waals surface area contributed by atoms with Crippen LogP contribution in [-0.4, -0.2) is 17.0 Å². The van der Waals surface area contributed by atoms with Crippen molar-refractivity contribution < 1.29 is 9.90 Å². The second kappa shape index (κ2) is 6.26. The predicted octanol–water partition coefficient (Wildman–Crippen LogP) is 2.93. The summed E-state index contributed by atoms with van der Waals surface area (Å²) in [5, 5.41) is 9.61. The molecule has 0 aromatic carbocycles. The van der Waals surface area contributed by atoms with Gasteiger partial charge in [0.1, 0.15) is 5.78 Å². The molecule has 0 amide bonds. The van der Waals surface area contributed by atoms with Gasteiger partial charge in [-0.3, -0.25) is 4.79 Å². The lowest BCUT2D eigenvalue weighted by Crippen LogP contribution is -2.21. The maximum atomic E-state index is 11.7. The van der Waals surface area contributed by atoms with Gasteiger partial charge < -0.3 is 5.11 Å². The molecule has 0 spiro atoms. The first-order chi connectivity index (χ1) is 7.09. The van der Waals surface area contributed by atoms with E-state index in [2.05, 4.69) is 0 Å². The van der Waals surface area contributed by atoms with Crippen LogP contribution in [0.1, 0.15) is 58.8 Å². The first-order valence-corrected chi connectivity index (χ1v) is 6.29. The van der Waals surface area contributed by atoms with E-state index in [0.717, 1.165) is 0 Å². The standard InChI is InChI=1S/C13H24O2/c1-10(2)13(15)9-12(14)8-11-6-4-3-5-7-11/h10-11,13,15H,3-9H2,1-2H3/t13-/m1/s1. The molecule has 0 saturated heterocycles. The third-order valence-corrected chi connectivity index (χ3v) is 3.45. The highest BCUT2D eigenvalue weighted by Crippen LogP contribution is 2.27. The highest BCUT2D eigenvalue weighted by molar-refractivity contribution is 5.79. The van der Waals surface area contributed by atoms with Crippen molar-refractivity contribution in [3.05, 3.63) is 0 Å². The zero-order chi connectivity index (χ0) is 11.3. The van der Waals surface area contributed by atoms with Crippen molar-refractivity contribution in [1.82, 2.24) is 0 Å². The largest absolute Gasteiger partial charge is 0.392 e. The minimum absolute atomic E-state index is 0.195. The van der Waals surface area contributed by atoms with Crippen molar-refractivity contribution in [1.29, 1.82) is 0 Å². The van der Waals surface area contributed by atoms with E-state index in [-0.39, 0.29) is 11.7 Å². The van der Waals surface area contributed by atoms with Crippen molar-refractivity contribution in [2.24, 2.45) is 11.8 Å². The minimum atomic E-state index is -0.443. The summed E-state index contributed by atoms with van der Waals surface area (Å²) in [6.45, 7) is 3.91. The van der Waals surface area contributed by atoms with Gasteiger partial charge in [0.15, 0.2) is 0 Å². The average Bonchev–Trinajstić information content (AvgIpc) is 2.18. The molecule has 2 heteroatoms. The van der Waals surface area contributed by atoms with E-state index in [4.69, 9.17) is 0 Å². The molecule has 1 aliphatic carbocycles. The van der Waals surface area contributed by atoms with E-state index in [1.807, 2.05) is 13.8 Å². The SMILES string of the molecule is CC(C)[C@H](O)CC(=O)CC1CCCCC1. The molecule has 0 radical (unpaired) electrons. The maximum absolute atomic E-state index is 11.7. The molecule has 0 bridgehead atoms. The molecule has 1 atom stereocenters. The molecule has 2 nitrogen and oxygen atoms in total. The second-order valence-corrected chi connectivity index (χ2v) is 5.26. The second-order valence-electron chi connectivity index (χ2n) is 5.26. The van der Waals surface area contributed by atoms with Gasteiger partial charge in [0, 0.05) is 12.8 Å². The van der Waals surface area contributed by atoms with Crippen molar-refractivity contribution in [2.75, 3.05) is 0 Å². The highest BCUT2D eigenvalue weighted by atomic mass is 16.3. The highest BCUT2D eigenvalue weighted by Gasteiger charge is 2.20. The molecule has 0 aromatic rings. The third-order valence-electron chi connectivity index (χ3n) is 3.45. The van der Waals surface area contributed by atoms with Crippen LogP contribution in [0.15, 0.2) is 0 Å². The normalized spacial score (nSPS) is 20.5. The number of hydrogen-bond donors (Lipinski definition) is 1. The van der Waals surface area contributed by atoms with Crippen LogP contribution in [-0.2, 0) is 4.79 Å². The van der Waals surface area contributed by atoms with E-state index in [9.17, 15) is 9.90 Å². The Bertz CT molecular complexity index is 193. The number of aliphatic hydroxyl groups is 1. The quantitative estimate of drug-likeness (QED) is 0.760. The first kappa shape index (κ1) is 12.7. The summed E-state index contributed by atoms with van der Waals surface area (Å²) in [5.74, 6) is 1.05. The molecule has 1 fully saturated rings. The van der Waals surface area contributed by atoms with Gasteiger partial charge in [-0.25, -0.2) is 0 Å². The molecule has 88 valence electrons. The van der Waals surface area contributed by atoms with Crippen LogP contribution in [0.25, 0.3) is 0 Å². The third kappa shape index (κ3) is 4.78. The summed E-state index contributed by atoms with van der Waals surface area (Å²) in [6.07, 6.45) is 6.93. The van der Waals surface area contributed by atoms with Crippen LogP contribution < -0.4 is 0 Å². The van der Waals surface area contributed by atoms with E-state index in [1.165, 1.54) is 32.1 Å². The van der Waals surface area contributed by atoms with Crippen molar-refractivity contribution in [3.63, 3.8) is 0 Å². The molecule has 1 N–H and O–H groups in total. The average molecular weight is 212 g/mol. The number of ketones is 1. The number of carbonyl (C=O) groups is 1. The summed E-state index contributed by atoms with van der Waals surface area (Å²) in [6, 6.07) is 0. The fourth-order valence-electron chi connectivity index (χ4n) is 2.27. The Morgan fingerprint density at radius 3 is 2.40 bits per heavy atom. The summed E-state index contributed by atoms with van der Waals surface area (Å²) >= 11 is 0. The van der Waals surface area contributed by atoms with Crippen LogP contribution >= 0.6 is 0 Å². The smallest absolute Gasteiger partial charge is 0.135 e. The fraction of sp³-hybridized carbons (Fsp3) is 0.923. The van der Waals surface area contributed by atoms with Crippen LogP contribution in [0.5, 0.6) is 0 Å². The van der Waals surface area contributed by atoms with Crippen molar-refractivity contribution in [3.8, 4) is 0 Å². The number of carbonyl (C=O) groups excluding carboxylic acids is 1. The van der Waals surface area contributed by atoms with Crippen molar-refractivity contribution >= 4 is 5.78 Å². The van der Waals surface area contributed by atoms with Crippen LogP contribution in [0.3, 0.4) is 0 Å². The summed E-state index contributed by atoms with van der Waals surface area (Å²) in [5.41, 5.74) is 0. The molecule has 15 heavy (non-hydrogen) atoms. The first-order valence-electron chi connectivity index (χ1n) is 6.29. The lowest BCUT2D eigenvalue weighted by Gasteiger charge is -2.21. The van der Waals surface area contributed by atoms with Gasteiger partial charge in [-0.1, -0.05) is 46.0 Å². The Kier molecular flexibility index (Phi) is 5.30. The Morgan fingerprint density at radius 1 is 1.27 bits per heavy atom. The Balaban J connectivity index is 2.22. The maximum Gasteiger partial charge on any atom is 0.135 e.